The fourth-order valence-corrected chi connectivity index (χ4v) is 1.90. The molecule has 6 nitrogen and oxygen atoms in total. The molecule has 0 spiro atoms. The van der Waals surface area contributed by atoms with Crippen LogP contribution >= 0.6 is 11.6 Å². The van der Waals surface area contributed by atoms with E-state index in [9.17, 15) is 4.79 Å². The van der Waals surface area contributed by atoms with Gasteiger partial charge in [0.25, 0.3) is 0 Å². The number of nitrogens with zero attached hydrogens (tertiary/aromatic N) is 1. The Bertz CT molecular complexity index is 607. The number of hydrogen-bond donors (Lipinski definition) is 3. The largest absolute Gasteiger partial charge is 0.453 e. The zero-order valence-corrected chi connectivity index (χ0v) is 11.9. The molecule has 4 N–H and O–H groups in total. The molecule has 1 atom stereocenters. The van der Waals surface area contributed by atoms with Crippen molar-refractivity contribution in [3.8, 4) is 11.3 Å². The quantitative estimate of drug-likeness (QED) is 0.811. The van der Waals surface area contributed by atoms with E-state index in [4.69, 9.17) is 17.3 Å². The van der Waals surface area contributed by atoms with E-state index < -0.39 is 6.09 Å². The molecule has 0 saturated carbocycles. The number of nitrogens with two attached hydrogens (primary N) is 1. The van der Waals surface area contributed by atoms with E-state index in [1.165, 1.54) is 7.11 Å². The van der Waals surface area contributed by atoms with Crippen molar-refractivity contribution in [2.45, 2.75) is 13.0 Å². The third kappa shape index (κ3) is 3.09. The monoisotopic (exact) mass is 294 g/mol. The van der Waals surface area contributed by atoms with Gasteiger partial charge in [-0.1, -0.05) is 23.7 Å². The average Bonchev–Trinajstić information content (AvgIpc) is 2.82. The highest BCUT2D eigenvalue weighted by molar-refractivity contribution is 6.31. The van der Waals surface area contributed by atoms with Crippen molar-refractivity contribution in [1.29, 1.82) is 0 Å². The molecule has 0 bridgehead atoms. The van der Waals surface area contributed by atoms with Crippen molar-refractivity contribution in [2.24, 2.45) is 5.73 Å². The number of ether oxygens (including phenoxy) is 1. The van der Waals surface area contributed by atoms with Gasteiger partial charge in [-0.15, -0.1) is 0 Å². The summed E-state index contributed by atoms with van der Waals surface area (Å²) in [7, 11) is 1.31. The lowest BCUT2D eigenvalue weighted by Crippen LogP contribution is -2.10. The number of carbonyl (C=O) groups excluding carboxylic acids is 1. The normalized spacial score (nSPS) is 12.0. The molecule has 0 aliphatic heterocycles. The fourth-order valence-electron chi connectivity index (χ4n) is 1.66. The summed E-state index contributed by atoms with van der Waals surface area (Å²) in [6.07, 6.45) is -0.519. The van der Waals surface area contributed by atoms with E-state index in [0.717, 1.165) is 5.56 Å². The lowest BCUT2D eigenvalue weighted by Gasteiger charge is -2.04. The highest BCUT2D eigenvalue weighted by atomic mass is 35.5. The second-order valence-electron chi connectivity index (χ2n) is 4.27. The highest BCUT2D eigenvalue weighted by Crippen LogP contribution is 2.27. The molecule has 2 rings (SSSR count). The molecule has 0 aliphatic rings. The maximum Gasteiger partial charge on any atom is 0.411 e. The van der Waals surface area contributed by atoms with Crippen molar-refractivity contribution >= 4 is 23.4 Å². The number of amides is 1. The summed E-state index contributed by atoms with van der Waals surface area (Å²) >= 11 is 6.11. The number of imidazole rings is 1. The lowest BCUT2D eigenvalue weighted by molar-refractivity contribution is 0.187. The Morgan fingerprint density at radius 2 is 2.10 bits per heavy atom. The molecular weight excluding hydrogens is 280 g/mol. The predicted octanol–water partition coefficient (Wildman–Crippen LogP) is 2.93. The van der Waals surface area contributed by atoms with Crippen LogP contribution in [-0.4, -0.2) is 23.2 Å². The third-order valence-electron chi connectivity index (χ3n) is 2.70. The molecule has 20 heavy (non-hydrogen) atoms. The number of anilines is 1. The second-order valence-corrected chi connectivity index (χ2v) is 4.65. The minimum atomic E-state index is -0.519. The molecular formula is C13H15ClN4O2. The van der Waals surface area contributed by atoms with E-state index >= 15 is 0 Å². The number of methoxy groups -OCH3 is 1. The highest BCUT2D eigenvalue weighted by Gasteiger charge is 2.13. The number of benzene rings is 1. The van der Waals surface area contributed by atoms with Gasteiger partial charge in [0.05, 0.1) is 13.2 Å². The maximum atomic E-state index is 11.1. The Balaban J connectivity index is 2.23. The van der Waals surface area contributed by atoms with E-state index in [-0.39, 0.29) is 6.04 Å². The third-order valence-corrected chi connectivity index (χ3v) is 2.97. The smallest absolute Gasteiger partial charge is 0.411 e. The van der Waals surface area contributed by atoms with Crippen molar-refractivity contribution in [1.82, 2.24) is 9.97 Å². The summed E-state index contributed by atoms with van der Waals surface area (Å²) in [5.74, 6) is 0.627. The first-order valence-electron chi connectivity index (χ1n) is 5.97. The van der Waals surface area contributed by atoms with Gasteiger partial charge in [-0.2, -0.15) is 0 Å². The number of halogens is 1. The Morgan fingerprint density at radius 1 is 1.45 bits per heavy atom. The molecule has 1 aromatic carbocycles. The van der Waals surface area contributed by atoms with Crippen LogP contribution < -0.4 is 11.1 Å². The number of carbonyl (C=O) groups is 1. The van der Waals surface area contributed by atoms with E-state index in [2.05, 4.69) is 20.0 Å². The number of hydrogen-bond acceptors (Lipinski definition) is 4. The number of nitrogens with one attached hydrogen (secondary N) is 2. The Labute approximate surface area is 121 Å². The summed E-state index contributed by atoms with van der Waals surface area (Å²) in [5.41, 5.74) is 7.83. The zero-order chi connectivity index (χ0) is 14.7. The van der Waals surface area contributed by atoms with Crippen LogP contribution in [0.1, 0.15) is 18.8 Å². The molecule has 1 amide bonds. The van der Waals surface area contributed by atoms with Crippen LogP contribution in [0.2, 0.25) is 5.15 Å². The molecule has 106 valence electrons. The molecule has 0 saturated heterocycles. The van der Waals surface area contributed by atoms with Gasteiger partial charge in [0.2, 0.25) is 0 Å². The molecule has 1 heterocycles. The summed E-state index contributed by atoms with van der Waals surface area (Å²) in [6.45, 7) is 1.82. The Morgan fingerprint density at radius 3 is 2.60 bits per heavy atom. The maximum absolute atomic E-state index is 11.1. The summed E-state index contributed by atoms with van der Waals surface area (Å²) < 4.78 is 4.52. The molecule has 2 aromatic rings. The first kappa shape index (κ1) is 14.4. The molecule has 0 aliphatic carbocycles. The van der Waals surface area contributed by atoms with Crippen LogP contribution in [0, 0.1) is 0 Å². The van der Waals surface area contributed by atoms with Crippen LogP contribution in [0.5, 0.6) is 0 Å². The number of rotatable bonds is 3. The van der Waals surface area contributed by atoms with Crippen molar-refractivity contribution in [3.63, 3.8) is 0 Å². The van der Waals surface area contributed by atoms with Crippen LogP contribution in [0.25, 0.3) is 11.3 Å². The fraction of sp³-hybridized carbons (Fsp3) is 0.231. The van der Waals surface area contributed by atoms with Gasteiger partial charge in [-0.05, 0) is 19.1 Å². The van der Waals surface area contributed by atoms with Gasteiger partial charge >= 0.3 is 6.09 Å². The second kappa shape index (κ2) is 5.94. The summed E-state index contributed by atoms with van der Waals surface area (Å²) in [6, 6.07) is 6.86. The molecule has 1 aromatic heterocycles. The van der Waals surface area contributed by atoms with Gasteiger partial charge in [-0.3, -0.25) is 5.32 Å². The standard InChI is InChI=1S/C13H15ClN4O2/c1-7(15)12-17-10(11(14)18-12)8-3-5-9(6-4-8)16-13(19)20-2/h3-7H,15H2,1-2H3,(H,16,19)(H,17,18)/t7-/m0/s1. The van der Waals surface area contributed by atoms with Crippen molar-refractivity contribution in [2.75, 3.05) is 12.4 Å². The van der Waals surface area contributed by atoms with Gasteiger partial charge < -0.3 is 15.5 Å². The molecule has 7 heteroatoms. The lowest BCUT2D eigenvalue weighted by atomic mass is 10.1. The van der Waals surface area contributed by atoms with Crippen LogP contribution in [0.3, 0.4) is 0 Å². The minimum Gasteiger partial charge on any atom is -0.453 e. The van der Waals surface area contributed by atoms with Gasteiger partial charge in [-0.25, -0.2) is 9.78 Å². The average molecular weight is 295 g/mol. The van der Waals surface area contributed by atoms with Crippen LogP contribution in [-0.2, 0) is 4.74 Å². The number of aromatic nitrogens is 2. The number of H-pyrrole nitrogens is 1. The van der Waals surface area contributed by atoms with E-state index in [1.807, 2.05) is 6.92 Å². The van der Waals surface area contributed by atoms with E-state index in [1.54, 1.807) is 24.3 Å². The predicted molar refractivity (Wildman–Crippen MR) is 77.7 cm³/mol. The van der Waals surface area contributed by atoms with Crippen molar-refractivity contribution < 1.29 is 9.53 Å². The first-order valence-corrected chi connectivity index (χ1v) is 6.35. The van der Waals surface area contributed by atoms with Crippen LogP contribution in [0.4, 0.5) is 10.5 Å². The first-order chi connectivity index (χ1) is 9.51. The zero-order valence-electron chi connectivity index (χ0n) is 11.1. The SMILES string of the molecule is COC(=O)Nc1ccc(-c2nc([C@H](C)N)[nH]c2Cl)cc1. The molecule has 0 radical (unpaired) electrons. The van der Waals surface area contributed by atoms with E-state index in [0.29, 0.717) is 22.4 Å². The Hall–Kier alpha value is -2.05. The number of aromatic amines is 1. The van der Waals surface area contributed by atoms with Crippen LogP contribution in [0.15, 0.2) is 24.3 Å². The topological polar surface area (TPSA) is 93.0 Å². The van der Waals surface area contributed by atoms with Gasteiger partial charge in [0.1, 0.15) is 16.7 Å². The summed E-state index contributed by atoms with van der Waals surface area (Å²) in [5, 5.41) is 3.00. The van der Waals surface area contributed by atoms with Crippen molar-refractivity contribution in [3.05, 3.63) is 35.2 Å². The molecule has 0 fully saturated rings. The molecule has 0 unspecified atom stereocenters. The van der Waals surface area contributed by atoms with Gasteiger partial charge in [0.15, 0.2) is 0 Å². The Kier molecular flexibility index (Phi) is 4.26. The minimum absolute atomic E-state index is 0.221. The van der Waals surface area contributed by atoms with Gasteiger partial charge in [0, 0.05) is 11.3 Å². The summed E-state index contributed by atoms with van der Waals surface area (Å²) in [4.78, 5) is 18.4.